The van der Waals surface area contributed by atoms with E-state index in [0.717, 1.165) is 5.56 Å². The fraction of sp³-hybridized carbons (Fsp3) is 0.0526. The Morgan fingerprint density at radius 1 is 0.852 bits per heavy atom. The minimum Gasteiger partial charge on any atom is -0.408 e. The number of hydrogen-bond donors (Lipinski definition) is 2. The van der Waals surface area contributed by atoms with Crippen molar-refractivity contribution in [1.29, 1.82) is 0 Å². The van der Waals surface area contributed by atoms with Crippen LogP contribution in [0.2, 0.25) is 0 Å². The Hall–Kier alpha value is -3.94. The van der Waals surface area contributed by atoms with Gasteiger partial charge in [0.15, 0.2) is 11.5 Å². The number of anilines is 2. The van der Waals surface area contributed by atoms with Gasteiger partial charge in [-0.15, -0.1) is 0 Å². The molecule has 2 aromatic heterocycles. The Balaban J connectivity index is 1.63. The van der Waals surface area contributed by atoms with Gasteiger partial charge in [-0.25, -0.2) is 9.59 Å². The van der Waals surface area contributed by atoms with Crippen molar-refractivity contribution in [2.24, 2.45) is 0 Å². The molecule has 0 aliphatic carbocycles. The lowest BCUT2D eigenvalue weighted by Gasteiger charge is -2.11. The van der Waals surface area contributed by atoms with Gasteiger partial charge in [0.05, 0.1) is 12.4 Å². The molecule has 8 heteroatoms. The molecule has 0 aliphatic rings. The molecule has 0 fully saturated rings. The quantitative estimate of drug-likeness (QED) is 0.725. The van der Waals surface area contributed by atoms with Crippen LogP contribution in [-0.2, 0) is 0 Å². The molecule has 0 saturated heterocycles. The normalized spacial score (nSPS) is 9.96. The highest BCUT2D eigenvalue weighted by Crippen LogP contribution is 2.21. The molecule has 0 atom stereocenters. The predicted molar refractivity (Wildman–Crippen MR) is 98.9 cm³/mol. The van der Waals surface area contributed by atoms with Crippen molar-refractivity contribution >= 4 is 23.6 Å². The Labute approximate surface area is 155 Å². The molecule has 0 unspecified atom stereocenters. The molecule has 0 aliphatic heterocycles. The highest BCUT2D eigenvalue weighted by Gasteiger charge is 2.10. The first kappa shape index (κ1) is 17.9. The topological polar surface area (TPSA) is 102 Å². The van der Waals surface area contributed by atoms with E-state index in [4.69, 9.17) is 9.47 Å². The summed E-state index contributed by atoms with van der Waals surface area (Å²) >= 11 is 0. The molecule has 2 heterocycles. The molecule has 27 heavy (non-hydrogen) atoms. The zero-order valence-electron chi connectivity index (χ0n) is 14.4. The van der Waals surface area contributed by atoms with Crippen LogP contribution in [0.1, 0.15) is 5.56 Å². The molecular formula is C19H16N4O4. The van der Waals surface area contributed by atoms with Crippen LogP contribution in [0.3, 0.4) is 0 Å². The van der Waals surface area contributed by atoms with Crippen LogP contribution in [0, 0.1) is 6.92 Å². The summed E-state index contributed by atoms with van der Waals surface area (Å²) in [4.78, 5) is 31.7. The van der Waals surface area contributed by atoms with E-state index in [0.29, 0.717) is 22.9 Å². The summed E-state index contributed by atoms with van der Waals surface area (Å²) in [6.07, 6.45) is 4.67. The van der Waals surface area contributed by atoms with E-state index in [1.54, 1.807) is 54.9 Å². The summed E-state index contributed by atoms with van der Waals surface area (Å²) in [7, 11) is 0. The third-order valence-corrected chi connectivity index (χ3v) is 3.41. The number of pyridine rings is 2. The second-order valence-corrected chi connectivity index (χ2v) is 5.44. The molecule has 0 bridgehead atoms. The van der Waals surface area contributed by atoms with E-state index in [1.165, 1.54) is 12.4 Å². The Morgan fingerprint density at radius 2 is 1.44 bits per heavy atom. The SMILES string of the molecule is Cc1ccc(NC(=O)Oc2cccnc2)cc1NC(=O)Oc1cccnc1. The summed E-state index contributed by atoms with van der Waals surface area (Å²) in [6, 6.07) is 11.6. The Kier molecular flexibility index (Phi) is 5.58. The maximum atomic E-state index is 12.0. The van der Waals surface area contributed by atoms with Crippen molar-refractivity contribution in [3.8, 4) is 11.5 Å². The minimum absolute atomic E-state index is 0.320. The monoisotopic (exact) mass is 364 g/mol. The zero-order valence-corrected chi connectivity index (χ0v) is 14.4. The molecule has 0 radical (unpaired) electrons. The second kappa shape index (κ2) is 8.43. The third-order valence-electron chi connectivity index (χ3n) is 3.41. The van der Waals surface area contributed by atoms with Crippen LogP contribution < -0.4 is 20.1 Å². The number of aromatic nitrogens is 2. The van der Waals surface area contributed by atoms with E-state index >= 15 is 0 Å². The van der Waals surface area contributed by atoms with Gasteiger partial charge in [-0.2, -0.15) is 0 Å². The van der Waals surface area contributed by atoms with Crippen LogP contribution in [0.15, 0.2) is 67.3 Å². The van der Waals surface area contributed by atoms with E-state index < -0.39 is 12.2 Å². The number of rotatable bonds is 4. The number of nitrogens with one attached hydrogen (secondary N) is 2. The lowest BCUT2D eigenvalue weighted by Crippen LogP contribution is -2.19. The predicted octanol–water partition coefficient (Wildman–Crippen LogP) is 4.01. The number of aryl methyl sites for hydroxylation is 1. The number of nitrogens with zero attached hydrogens (tertiary/aromatic N) is 2. The number of ether oxygens (including phenoxy) is 2. The number of amides is 2. The standard InChI is InChI=1S/C19H16N4O4/c1-13-6-7-14(22-18(24)26-15-4-2-8-20-11-15)10-17(13)23-19(25)27-16-5-3-9-21-12-16/h2-12H,1H3,(H,22,24)(H,23,25). The van der Waals surface area contributed by atoms with E-state index in [2.05, 4.69) is 20.6 Å². The van der Waals surface area contributed by atoms with Gasteiger partial charge >= 0.3 is 12.2 Å². The fourth-order valence-electron chi connectivity index (χ4n) is 2.14. The largest absolute Gasteiger partial charge is 0.417 e. The summed E-state index contributed by atoms with van der Waals surface area (Å²) in [6.45, 7) is 1.82. The fourth-order valence-corrected chi connectivity index (χ4v) is 2.14. The Morgan fingerprint density at radius 3 is 2.00 bits per heavy atom. The van der Waals surface area contributed by atoms with Gasteiger partial charge in [0.25, 0.3) is 0 Å². The average molecular weight is 364 g/mol. The molecule has 136 valence electrons. The van der Waals surface area contributed by atoms with Gasteiger partial charge in [0.2, 0.25) is 0 Å². The van der Waals surface area contributed by atoms with Gasteiger partial charge < -0.3 is 9.47 Å². The van der Waals surface area contributed by atoms with Crippen molar-refractivity contribution in [3.63, 3.8) is 0 Å². The number of benzene rings is 1. The molecular weight excluding hydrogens is 348 g/mol. The molecule has 1 aromatic carbocycles. The molecule has 3 rings (SSSR count). The van der Waals surface area contributed by atoms with Crippen LogP contribution >= 0.6 is 0 Å². The number of carbonyl (C=O) groups excluding carboxylic acids is 2. The maximum absolute atomic E-state index is 12.0. The second-order valence-electron chi connectivity index (χ2n) is 5.44. The van der Waals surface area contributed by atoms with E-state index in [1.807, 2.05) is 6.92 Å². The van der Waals surface area contributed by atoms with Gasteiger partial charge in [-0.3, -0.25) is 20.6 Å². The van der Waals surface area contributed by atoms with E-state index in [9.17, 15) is 9.59 Å². The number of hydrogen-bond acceptors (Lipinski definition) is 6. The van der Waals surface area contributed by atoms with Crippen molar-refractivity contribution < 1.29 is 19.1 Å². The summed E-state index contributed by atoms with van der Waals surface area (Å²) in [5.74, 6) is 0.641. The maximum Gasteiger partial charge on any atom is 0.417 e. The lowest BCUT2D eigenvalue weighted by molar-refractivity contribution is 0.214. The van der Waals surface area contributed by atoms with Crippen molar-refractivity contribution in [3.05, 3.63) is 72.8 Å². The molecule has 2 amide bonds. The summed E-state index contributed by atoms with van der Waals surface area (Å²) in [5.41, 5.74) is 1.73. The van der Waals surface area contributed by atoms with Gasteiger partial charge in [-0.05, 0) is 48.9 Å². The van der Waals surface area contributed by atoms with Crippen LogP contribution in [-0.4, -0.2) is 22.2 Å². The van der Waals surface area contributed by atoms with Crippen molar-refractivity contribution in [2.75, 3.05) is 10.6 Å². The highest BCUT2D eigenvalue weighted by atomic mass is 16.6. The first-order valence-electron chi connectivity index (χ1n) is 7.98. The molecule has 0 saturated carbocycles. The lowest BCUT2D eigenvalue weighted by atomic mass is 10.2. The van der Waals surface area contributed by atoms with Crippen LogP contribution in [0.4, 0.5) is 21.0 Å². The Bertz CT molecular complexity index is 933. The number of carbonyl (C=O) groups is 2. The van der Waals surface area contributed by atoms with E-state index in [-0.39, 0.29) is 0 Å². The highest BCUT2D eigenvalue weighted by molar-refractivity contribution is 5.91. The minimum atomic E-state index is -0.671. The molecule has 3 aromatic rings. The van der Waals surface area contributed by atoms with Gasteiger partial charge in [0, 0.05) is 23.8 Å². The van der Waals surface area contributed by atoms with Crippen LogP contribution in [0.25, 0.3) is 0 Å². The third kappa shape index (κ3) is 5.27. The first-order chi connectivity index (χ1) is 13.1. The summed E-state index contributed by atoms with van der Waals surface area (Å²) in [5, 5.41) is 5.22. The first-order valence-corrected chi connectivity index (χ1v) is 7.98. The average Bonchev–Trinajstić information content (AvgIpc) is 2.66. The van der Waals surface area contributed by atoms with Crippen LogP contribution in [0.5, 0.6) is 11.5 Å². The smallest absolute Gasteiger partial charge is 0.408 e. The molecule has 2 N–H and O–H groups in total. The molecule has 0 spiro atoms. The van der Waals surface area contributed by atoms with Crippen molar-refractivity contribution in [1.82, 2.24) is 9.97 Å². The van der Waals surface area contributed by atoms with Gasteiger partial charge in [-0.1, -0.05) is 6.07 Å². The summed E-state index contributed by atoms with van der Waals surface area (Å²) < 4.78 is 10.3. The van der Waals surface area contributed by atoms with Gasteiger partial charge in [0.1, 0.15) is 0 Å². The zero-order chi connectivity index (χ0) is 19.1. The molecule has 8 nitrogen and oxygen atoms in total. The van der Waals surface area contributed by atoms with Crippen molar-refractivity contribution in [2.45, 2.75) is 6.92 Å².